The number of imidazole rings is 1. The Labute approximate surface area is 172 Å². The highest BCUT2D eigenvalue weighted by Gasteiger charge is 2.39. The van der Waals surface area contributed by atoms with Crippen LogP contribution in [0.4, 0.5) is 20.2 Å². The molecule has 1 fully saturated rings. The Bertz CT molecular complexity index is 987. The minimum Gasteiger partial charge on any atom is -0.355 e. The lowest BCUT2D eigenvalue weighted by Gasteiger charge is -2.18. The lowest BCUT2D eigenvalue weighted by atomic mass is 10.1. The minimum atomic E-state index is -3.26. The van der Waals surface area contributed by atoms with Gasteiger partial charge in [0.2, 0.25) is 0 Å². The van der Waals surface area contributed by atoms with E-state index >= 15 is 0 Å². The first-order valence-electron chi connectivity index (χ1n) is 9.34. The smallest absolute Gasteiger partial charge is 0.355 e. The van der Waals surface area contributed by atoms with Gasteiger partial charge in [0.05, 0.1) is 23.7 Å². The third-order valence-corrected chi connectivity index (χ3v) is 5.22. The third kappa shape index (κ3) is 4.77. The Morgan fingerprint density at radius 3 is 2.55 bits per heavy atom. The molecule has 0 aliphatic heterocycles. The number of anilines is 2. The van der Waals surface area contributed by atoms with E-state index in [0.717, 1.165) is 21.8 Å². The maximum atomic E-state index is 14.1. The van der Waals surface area contributed by atoms with E-state index in [1.54, 1.807) is 18.5 Å². The van der Waals surface area contributed by atoms with Crippen LogP contribution in [-0.4, -0.2) is 22.7 Å². The van der Waals surface area contributed by atoms with Gasteiger partial charge in [-0.1, -0.05) is 0 Å². The van der Waals surface area contributed by atoms with Crippen molar-refractivity contribution in [2.45, 2.75) is 29.9 Å². The molecule has 2 N–H and O–H groups in total. The predicted octanol–water partition coefficient (Wildman–Crippen LogP) is 5.29. The number of ether oxygens (including phenoxy) is 1. The van der Waals surface area contributed by atoms with Crippen molar-refractivity contribution in [1.82, 2.24) is 14.3 Å². The summed E-state index contributed by atoms with van der Waals surface area (Å²) < 4.78 is 38.1. The van der Waals surface area contributed by atoms with E-state index in [-0.39, 0.29) is 11.7 Å². The number of aryl methyl sites for hydroxylation is 1. The largest absolute Gasteiger partial charge is 0.383 e. The van der Waals surface area contributed by atoms with Gasteiger partial charge in [-0.3, -0.25) is 4.72 Å². The van der Waals surface area contributed by atoms with Crippen LogP contribution in [0.3, 0.4) is 0 Å². The molecule has 0 atom stereocenters. The van der Waals surface area contributed by atoms with Crippen LogP contribution in [0, 0.1) is 0 Å². The maximum Gasteiger partial charge on any atom is 0.383 e. The molecule has 1 aliphatic carbocycles. The number of nitrogens with one attached hydrogen (secondary N) is 2. The first-order chi connectivity index (χ1) is 13.9. The van der Waals surface area contributed by atoms with Gasteiger partial charge in [0.25, 0.3) is 0 Å². The summed E-state index contributed by atoms with van der Waals surface area (Å²) in [6.07, 6.45) is 1.50. The van der Waals surface area contributed by atoms with Crippen LogP contribution in [0.2, 0.25) is 0 Å². The summed E-state index contributed by atoms with van der Waals surface area (Å²) in [5.74, 6) is 0. The monoisotopic (exact) mass is 416 g/mol. The van der Waals surface area contributed by atoms with Crippen LogP contribution in [0.1, 0.15) is 18.4 Å². The molecule has 0 amide bonds. The van der Waals surface area contributed by atoms with Gasteiger partial charge in [-0.25, -0.2) is 4.98 Å². The zero-order valence-corrected chi connectivity index (χ0v) is 17.0. The van der Waals surface area contributed by atoms with E-state index < -0.39 is 6.11 Å². The van der Waals surface area contributed by atoms with Gasteiger partial charge >= 0.3 is 6.11 Å². The summed E-state index contributed by atoms with van der Waals surface area (Å²) in [7, 11) is 3.78. The molecular weight excluding hydrogens is 394 g/mol. The molecule has 0 bridgehead atoms. The van der Waals surface area contributed by atoms with Crippen LogP contribution < -0.4 is 10.0 Å². The van der Waals surface area contributed by atoms with Crippen molar-refractivity contribution >= 4 is 23.3 Å². The van der Waals surface area contributed by atoms with Crippen molar-refractivity contribution in [3.05, 3.63) is 60.6 Å². The lowest BCUT2D eigenvalue weighted by molar-refractivity contribution is -0.255. The summed E-state index contributed by atoms with van der Waals surface area (Å²) in [6.45, 7) is 0. The second-order valence-corrected chi connectivity index (χ2v) is 8.06. The maximum absolute atomic E-state index is 14.1. The van der Waals surface area contributed by atoms with Gasteiger partial charge in [0.1, 0.15) is 0 Å². The number of nitrogens with zero attached hydrogens (tertiary/aromatic N) is 2. The van der Waals surface area contributed by atoms with Crippen molar-refractivity contribution in [1.29, 1.82) is 0 Å². The Kier molecular flexibility index (Phi) is 5.58. The highest BCUT2D eigenvalue weighted by molar-refractivity contribution is 7.97. The second kappa shape index (κ2) is 8.14. The number of aromatic nitrogens is 2. The molecule has 3 aromatic rings. The molecule has 152 valence electrons. The molecule has 4 rings (SSSR count). The molecule has 0 unspecified atom stereocenters. The number of hydrogen-bond donors (Lipinski definition) is 2. The molecule has 1 heterocycles. The summed E-state index contributed by atoms with van der Waals surface area (Å²) in [5.41, 5.74) is 3.17. The van der Waals surface area contributed by atoms with Crippen LogP contribution in [0.15, 0.2) is 59.9 Å². The fourth-order valence-corrected chi connectivity index (χ4v) is 3.49. The standard InChI is InChI=1S/C21H22F2N4OS/c1-24-29-17-9-10-19(18(11-17)20-12-27(2)13-25-20)26-15-5-3-14(4-6-15)21(22,23)28-16-7-8-16/h3-6,9-13,16,24,26H,7-8H2,1-2H3. The summed E-state index contributed by atoms with van der Waals surface area (Å²) in [4.78, 5) is 5.49. The molecule has 8 heteroatoms. The molecule has 0 saturated heterocycles. The summed E-state index contributed by atoms with van der Waals surface area (Å²) in [5, 5.41) is 3.32. The van der Waals surface area contributed by atoms with E-state index in [0.29, 0.717) is 18.5 Å². The molecule has 29 heavy (non-hydrogen) atoms. The van der Waals surface area contributed by atoms with Crippen LogP contribution in [0.5, 0.6) is 0 Å². The lowest BCUT2D eigenvalue weighted by Crippen LogP contribution is -2.19. The molecule has 0 spiro atoms. The van der Waals surface area contributed by atoms with Crippen molar-refractivity contribution in [3.8, 4) is 11.3 Å². The zero-order chi connectivity index (χ0) is 20.4. The van der Waals surface area contributed by atoms with Crippen LogP contribution >= 0.6 is 11.9 Å². The van der Waals surface area contributed by atoms with Crippen LogP contribution in [0.25, 0.3) is 11.3 Å². The first kappa shape index (κ1) is 19.9. The van der Waals surface area contributed by atoms with Gasteiger partial charge in [0, 0.05) is 35.1 Å². The molecule has 2 aromatic carbocycles. The van der Waals surface area contributed by atoms with Gasteiger partial charge < -0.3 is 14.6 Å². The van der Waals surface area contributed by atoms with Crippen molar-refractivity contribution in [2.75, 3.05) is 12.4 Å². The SMILES string of the molecule is CNSc1ccc(Nc2ccc(C(F)(F)OC3CC3)cc2)c(-c2cn(C)cn2)c1. The molecular formula is C21H22F2N4OS. The van der Waals surface area contributed by atoms with E-state index in [9.17, 15) is 8.78 Å². The summed E-state index contributed by atoms with van der Waals surface area (Å²) >= 11 is 1.51. The Balaban J connectivity index is 1.58. The van der Waals surface area contributed by atoms with Gasteiger partial charge in [0.15, 0.2) is 0 Å². The third-order valence-electron chi connectivity index (χ3n) is 4.53. The minimum absolute atomic E-state index is 0.138. The molecule has 1 aliphatic rings. The van der Waals surface area contributed by atoms with Crippen LogP contribution in [-0.2, 0) is 17.9 Å². The quantitative estimate of drug-likeness (QED) is 0.489. The summed E-state index contributed by atoms with van der Waals surface area (Å²) in [6, 6.07) is 12.1. The van der Waals surface area contributed by atoms with Gasteiger partial charge in [-0.05, 0) is 74.3 Å². The second-order valence-electron chi connectivity index (χ2n) is 6.97. The predicted molar refractivity (Wildman–Crippen MR) is 111 cm³/mol. The number of rotatable bonds is 8. The van der Waals surface area contributed by atoms with Crippen molar-refractivity contribution in [3.63, 3.8) is 0 Å². The molecule has 1 saturated carbocycles. The van der Waals surface area contributed by atoms with Gasteiger partial charge in [-0.2, -0.15) is 8.78 Å². The van der Waals surface area contributed by atoms with Crippen molar-refractivity contribution < 1.29 is 13.5 Å². The van der Waals surface area contributed by atoms with E-state index in [1.165, 1.54) is 24.1 Å². The number of benzene rings is 2. The zero-order valence-electron chi connectivity index (χ0n) is 16.2. The highest BCUT2D eigenvalue weighted by Crippen LogP contribution is 2.38. The van der Waals surface area contributed by atoms with Gasteiger partial charge in [-0.15, -0.1) is 0 Å². The van der Waals surface area contributed by atoms with Crippen molar-refractivity contribution in [2.24, 2.45) is 7.05 Å². The number of hydrogen-bond acceptors (Lipinski definition) is 5. The van der Waals surface area contributed by atoms with E-state index in [1.807, 2.05) is 43.1 Å². The number of alkyl halides is 2. The van der Waals surface area contributed by atoms with E-state index in [2.05, 4.69) is 15.0 Å². The normalized spacial score (nSPS) is 14.2. The fourth-order valence-electron chi connectivity index (χ4n) is 2.94. The topological polar surface area (TPSA) is 51.1 Å². The average Bonchev–Trinajstić information content (AvgIpc) is 3.39. The number of halogens is 2. The van der Waals surface area contributed by atoms with E-state index in [4.69, 9.17) is 4.74 Å². The average molecular weight is 416 g/mol. The molecule has 1 aromatic heterocycles. The highest BCUT2D eigenvalue weighted by atomic mass is 32.2. The molecule has 0 radical (unpaired) electrons. The first-order valence-corrected chi connectivity index (χ1v) is 10.2. The Morgan fingerprint density at radius 2 is 1.93 bits per heavy atom. The fraction of sp³-hybridized carbons (Fsp3) is 0.286. The Morgan fingerprint density at radius 1 is 1.17 bits per heavy atom. The molecule has 5 nitrogen and oxygen atoms in total. The Hall–Kier alpha value is -2.42.